The summed E-state index contributed by atoms with van der Waals surface area (Å²) in [5.41, 5.74) is 3.81. The predicted molar refractivity (Wildman–Crippen MR) is 101 cm³/mol. The molecule has 0 radical (unpaired) electrons. The number of pyridine rings is 1. The summed E-state index contributed by atoms with van der Waals surface area (Å²) in [7, 11) is 1.51. The first kappa shape index (κ1) is 17.3. The van der Waals surface area contributed by atoms with Crippen molar-refractivity contribution in [2.45, 2.75) is 39.3 Å². The number of carbonyl (C=O) groups excluding carboxylic acids is 1. The van der Waals surface area contributed by atoms with Crippen LogP contribution in [0.1, 0.15) is 40.0 Å². The van der Waals surface area contributed by atoms with Crippen LogP contribution in [0.25, 0.3) is 0 Å². The first-order valence-corrected chi connectivity index (χ1v) is 9.30. The van der Waals surface area contributed by atoms with Gasteiger partial charge in [-0.05, 0) is 42.6 Å². The average Bonchev–Trinajstić information content (AvgIpc) is 3.41. The summed E-state index contributed by atoms with van der Waals surface area (Å²) >= 11 is 3.49. The van der Waals surface area contributed by atoms with Crippen LogP contribution in [0.15, 0.2) is 16.7 Å². The van der Waals surface area contributed by atoms with E-state index in [-0.39, 0.29) is 11.7 Å². The molecule has 1 aromatic carbocycles. The molecule has 1 aliphatic heterocycles. The molecule has 1 aliphatic carbocycles. The van der Waals surface area contributed by atoms with E-state index in [1.165, 1.54) is 13.2 Å². The fourth-order valence-electron chi connectivity index (χ4n) is 3.44. The van der Waals surface area contributed by atoms with E-state index in [9.17, 15) is 9.18 Å². The number of anilines is 2. The highest BCUT2D eigenvalue weighted by atomic mass is 79.9. The summed E-state index contributed by atoms with van der Waals surface area (Å²) in [6, 6.07) is 1.70. The van der Waals surface area contributed by atoms with Crippen molar-refractivity contribution in [3.63, 3.8) is 0 Å². The Morgan fingerprint density at radius 1 is 1.31 bits per heavy atom. The van der Waals surface area contributed by atoms with Gasteiger partial charge in [0, 0.05) is 29.4 Å². The van der Waals surface area contributed by atoms with Crippen LogP contribution in [0.5, 0.6) is 5.75 Å². The topological polar surface area (TPSA) is 54.5 Å². The number of nitrogens with one attached hydrogen (secondary N) is 1. The van der Waals surface area contributed by atoms with Crippen LogP contribution < -0.4 is 10.1 Å². The highest BCUT2D eigenvalue weighted by Gasteiger charge is 2.40. The van der Waals surface area contributed by atoms with Gasteiger partial charge in [-0.15, -0.1) is 0 Å². The number of carbonyl (C=O) groups is 1. The van der Waals surface area contributed by atoms with Crippen LogP contribution in [0.3, 0.4) is 0 Å². The molecule has 136 valence electrons. The lowest BCUT2D eigenvalue weighted by Crippen LogP contribution is -2.26. The first-order valence-electron chi connectivity index (χ1n) is 8.51. The van der Waals surface area contributed by atoms with Gasteiger partial charge in [-0.25, -0.2) is 4.39 Å². The molecule has 0 bridgehead atoms. The van der Waals surface area contributed by atoms with Crippen molar-refractivity contribution in [2.75, 3.05) is 12.4 Å². The number of benzene rings is 1. The Bertz CT molecular complexity index is 928. The molecule has 2 heterocycles. The lowest BCUT2D eigenvalue weighted by atomic mass is 10.1. The van der Waals surface area contributed by atoms with Crippen molar-refractivity contribution >= 4 is 33.2 Å². The molecule has 0 atom stereocenters. The van der Waals surface area contributed by atoms with Gasteiger partial charge in [0.25, 0.3) is 5.91 Å². The minimum Gasteiger partial charge on any atom is -0.496 e. The molecule has 4 rings (SSSR count). The van der Waals surface area contributed by atoms with Gasteiger partial charge in [-0.3, -0.25) is 9.78 Å². The molecule has 1 aromatic heterocycles. The molecule has 2 aliphatic rings. The molecule has 1 fully saturated rings. The summed E-state index contributed by atoms with van der Waals surface area (Å²) in [6.45, 7) is 4.10. The first-order chi connectivity index (χ1) is 12.4. The largest absolute Gasteiger partial charge is 0.496 e. The van der Waals surface area contributed by atoms with E-state index in [0.29, 0.717) is 45.3 Å². The Kier molecular flexibility index (Phi) is 4.14. The summed E-state index contributed by atoms with van der Waals surface area (Å²) in [5, 5.41) is 3.28. The number of amides is 1. The second-order valence-corrected chi connectivity index (χ2v) is 7.63. The third-order valence-electron chi connectivity index (χ3n) is 5.10. The zero-order valence-corrected chi connectivity index (χ0v) is 16.4. The Morgan fingerprint density at radius 2 is 2.04 bits per heavy atom. The maximum atomic E-state index is 14.3. The second-order valence-electron chi connectivity index (χ2n) is 6.78. The summed E-state index contributed by atoms with van der Waals surface area (Å²) < 4.78 is 20.3. The smallest absolute Gasteiger partial charge is 0.258 e. The van der Waals surface area contributed by atoms with Gasteiger partial charge in [-0.1, -0.05) is 0 Å². The van der Waals surface area contributed by atoms with Crippen molar-refractivity contribution in [1.29, 1.82) is 0 Å². The third-order valence-corrected chi connectivity index (χ3v) is 5.70. The van der Waals surface area contributed by atoms with E-state index in [2.05, 4.69) is 26.2 Å². The molecule has 0 saturated heterocycles. The molecule has 1 saturated carbocycles. The molecule has 1 amide bonds. The van der Waals surface area contributed by atoms with Gasteiger partial charge in [0.2, 0.25) is 0 Å². The van der Waals surface area contributed by atoms with Crippen molar-refractivity contribution in [3.05, 3.63) is 44.9 Å². The highest BCUT2D eigenvalue weighted by molar-refractivity contribution is 9.10. The Labute approximate surface area is 159 Å². The van der Waals surface area contributed by atoms with Crippen LogP contribution in [0.4, 0.5) is 15.8 Å². The normalized spacial score (nSPS) is 16.0. The van der Waals surface area contributed by atoms with Gasteiger partial charge in [0.1, 0.15) is 11.6 Å². The molecule has 26 heavy (non-hydrogen) atoms. The molecular formula is C19H19BrFN3O2. The van der Waals surface area contributed by atoms with Crippen molar-refractivity contribution in [2.24, 2.45) is 0 Å². The van der Waals surface area contributed by atoms with Crippen LogP contribution in [0, 0.1) is 19.7 Å². The maximum Gasteiger partial charge on any atom is 0.258 e. The van der Waals surface area contributed by atoms with Gasteiger partial charge < -0.3 is 15.0 Å². The monoisotopic (exact) mass is 419 g/mol. The van der Waals surface area contributed by atoms with E-state index in [1.807, 2.05) is 11.8 Å². The number of methoxy groups -OCH3 is 1. The number of rotatable bonds is 4. The van der Waals surface area contributed by atoms with E-state index in [1.54, 1.807) is 13.1 Å². The molecule has 5 nitrogen and oxygen atoms in total. The quantitative estimate of drug-likeness (QED) is 0.793. The summed E-state index contributed by atoms with van der Waals surface area (Å²) in [4.78, 5) is 19.2. The zero-order chi connectivity index (χ0) is 18.6. The lowest BCUT2D eigenvalue weighted by molar-refractivity contribution is 0.0767. The SMILES string of the molecule is COc1cc(F)c(C)c(Nc2c(Br)cnc3c2C(=O)N(C2CC2)C3)c1C. The number of hydrogen-bond acceptors (Lipinski definition) is 4. The Balaban J connectivity index is 1.81. The number of nitrogens with zero attached hydrogens (tertiary/aromatic N) is 2. The average molecular weight is 420 g/mol. The van der Waals surface area contributed by atoms with Crippen LogP contribution in [-0.4, -0.2) is 28.9 Å². The number of hydrogen-bond donors (Lipinski definition) is 1. The van der Waals surface area contributed by atoms with Crippen molar-refractivity contribution < 1.29 is 13.9 Å². The zero-order valence-electron chi connectivity index (χ0n) is 14.8. The minimum absolute atomic E-state index is 0.0162. The van der Waals surface area contributed by atoms with E-state index in [4.69, 9.17) is 4.74 Å². The second kappa shape index (κ2) is 6.23. The highest BCUT2D eigenvalue weighted by Crippen LogP contribution is 2.41. The number of halogens is 2. The van der Waals surface area contributed by atoms with Crippen LogP contribution >= 0.6 is 15.9 Å². The Hall–Kier alpha value is -2.15. The van der Waals surface area contributed by atoms with Gasteiger partial charge >= 0.3 is 0 Å². The summed E-state index contributed by atoms with van der Waals surface area (Å²) in [6.07, 6.45) is 3.78. The van der Waals surface area contributed by atoms with E-state index >= 15 is 0 Å². The fourth-order valence-corrected chi connectivity index (χ4v) is 3.84. The molecule has 1 N–H and O–H groups in total. The molecule has 0 unspecified atom stereocenters. The third kappa shape index (κ3) is 2.65. The van der Waals surface area contributed by atoms with Crippen LogP contribution in [-0.2, 0) is 6.54 Å². The summed E-state index contributed by atoms with van der Waals surface area (Å²) in [5.74, 6) is 0.0866. The molecular weight excluding hydrogens is 401 g/mol. The van der Waals surface area contributed by atoms with Crippen LogP contribution in [0.2, 0.25) is 0 Å². The molecule has 7 heteroatoms. The molecule has 2 aromatic rings. The standard InChI is InChI=1S/C19H19BrFN3O2/c1-9-13(21)6-15(26-3)10(2)17(9)23-18-12(20)7-22-14-8-24(11-4-5-11)19(25)16(14)18/h6-7,11H,4-5,8H2,1-3H3,(H,22,23). The van der Waals surface area contributed by atoms with Gasteiger partial charge in [0.15, 0.2) is 0 Å². The predicted octanol–water partition coefficient (Wildman–Crippen LogP) is 4.47. The lowest BCUT2D eigenvalue weighted by Gasteiger charge is -2.19. The van der Waals surface area contributed by atoms with Gasteiger partial charge in [0.05, 0.1) is 40.8 Å². The van der Waals surface area contributed by atoms with E-state index < -0.39 is 0 Å². The molecule has 0 spiro atoms. The Morgan fingerprint density at radius 3 is 2.69 bits per heavy atom. The fraction of sp³-hybridized carbons (Fsp3) is 0.368. The van der Waals surface area contributed by atoms with Crippen molar-refractivity contribution in [1.82, 2.24) is 9.88 Å². The number of fused-ring (bicyclic) bond motifs is 1. The number of ether oxygens (including phenoxy) is 1. The minimum atomic E-state index is -0.359. The van der Waals surface area contributed by atoms with Crippen molar-refractivity contribution in [3.8, 4) is 5.75 Å². The number of aromatic nitrogens is 1. The van der Waals surface area contributed by atoms with Gasteiger partial charge in [-0.2, -0.15) is 0 Å². The maximum absolute atomic E-state index is 14.3. The van der Waals surface area contributed by atoms with E-state index in [0.717, 1.165) is 24.1 Å².